The smallest absolute Gasteiger partial charge is 0.328 e. The number of hydrogen-bond donors (Lipinski definition) is 3. The predicted octanol–water partition coefficient (Wildman–Crippen LogP) is 0.226. The predicted molar refractivity (Wildman–Crippen MR) is 111 cm³/mol. The first-order valence-corrected chi connectivity index (χ1v) is 10.4. The zero-order valence-corrected chi connectivity index (χ0v) is 17.5. The molecule has 3 rings (SSSR count). The van der Waals surface area contributed by atoms with E-state index in [-0.39, 0.29) is 24.3 Å². The van der Waals surface area contributed by atoms with Crippen LogP contribution in [0.3, 0.4) is 0 Å². The molecule has 1 aromatic heterocycles. The second-order valence-corrected chi connectivity index (χ2v) is 7.66. The van der Waals surface area contributed by atoms with Crippen LogP contribution in [0.25, 0.3) is 10.9 Å². The van der Waals surface area contributed by atoms with Gasteiger partial charge in [-0.15, -0.1) is 0 Å². The van der Waals surface area contributed by atoms with Crippen molar-refractivity contribution in [2.24, 2.45) is 5.92 Å². The average molecular weight is 416 g/mol. The molecular weight excluding hydrogens is 386 g/mol. The highest BCUT2D eigenvalue weighted by molar-refractivity contribution is 5.87. The van der Waals surface area contributed by atoms with Crippen molar-refractivity contribution in [1.82, 2.24) is 10.3 Å². The monoisotopic (exact) mass is 416 g/mol. The summed E-state index contributed by atoms with van der Waals surface area (Å²) in [6.45, 7) is 3.90. The Kier molecular flexibility index (Phi) is 7.46. The Labute approximate surface area is 175 Å². The van der Waals surface area contributed by atoms with Gasteiger partial charge in [0.25, 0.3) is 5.91 Å². The summed E-state index contributed by atoms with van der Waals surface area (Å²) in [6.07, 6.45) is 3.62. The lowest BCUT2D eigenvalue weighted by Gasteiger charge is -2.28. The van der Waals surface area contributed by atoms with Gasteiger partial charge in [-0.2, -0.15) is 0 Å². The number of rotatable bonds is 8. The van der Waals surface area contributed by atoms with E-state index in [0.717, 1.165) is 34.5 Å². The van der Waals surface area contributed by atoms with Gasteiger partial charge < -0.3 is 24.7 Å². The lowest BCUT2D eigenvalue weighted by Crippen LogP contribution is -3.14. The molecule has 1 atom stereocenters. The Morgan fingerprint density at radius 2 is 1.97 bits per heavy atom. The number of quaternary nitrogens is 1. The Bertz CT molecular complexity index is 886. The molecule has 1 aromatic carbocycles. The summed E-state index contributed by atoms with van der Waals surface area (Å²) in [6, 6.07) is 7.08. The Morgan fingerprint density at radius 1 is 1.23 bits per heavy atom. The molecule has 8 nitrogen and oxygen atoms in total. The third-order valence-electron chi connectivity index (χ3n) is 5.64. The van der Waals surface area contributed by atoms with E-state index < -0.39 is 12.0 Å². The van der Waals surface area contributed by atoms with E-state index in [1.807, 2.05) is 30.5 Å². The first kappa shape index (κ1) is 21.8. The van der Waals surface area contributed by atoms with Crippen molar-refractivity contribution in [2.45, 2.75) is 32.2 Å². The second-order valence-electron chi connectivity index (χ2n) is 7.66. The number of aromatic amines is 1. The molecule has 3 N–H and O–H groups in total. The lowest BCUT2D eigenvalue weighted by molar-refractivity contribution is -0.897. The number of carbonyl (C=O) groups is 3. The van der Waals surface area contributed by atoms with Gasteiger partial charge in [-0.3, -0.25) is 9.59 Å². The number of piperidine rings is 1. The van der Waals surface area contributed by atoms with Crippen LogP contribution in [0.4, 0.5) is 0 Å². The summed E-state index contributed by atoms with van der Waals surface area (Å²) in [5, 5.41) is 3.85. The van der Waals surface area contributed by atoms with Crippen LogP contribution in [0.5, 0.6) is 0 Å². The van der Waals surface area contributed by atoms with Crippen LogP contribution in [0.2, 0.25) is 0 Å². The van der Waals surface area contributed by atoms with E-state index in [2.05, 4.69) is 10.3 Å². The zero-order valence-electron chi connectivity index (χ0n) is 17.5. The van der Waals surface area contributed by atoms with Crippen LogP contribution in [-0.2, 0) is 30.3 Å². The molecule has 0 spiro atoms. The number of methoxy groups -OCH3 is 1. The van der Waals surface area contributed by atoms with Gasteiger partial charge in [0.05, 0.1) is 32.7 Å². The summed E-state index contributed by atoms with van der Waals surface area (Å²) in [5.74, 6) is -0.897. The first-order valence-electron chi connectivity index (χ1n) is 10.4. The molecule has 1 aliphatic rings. The van der Waals surface area contributed by atoms with Crippen LogP contribution in [-0.4, -0.2) is 62.2 Å². The van der Waals surface area contributed by atoms with Gasteiger partial charge in [-0.1, -0.05) is 18.2 Å². The number of esters is 2. The molecule has 8 heteroatoms. The van der Waals surface area contributed by atoms with Crippen molar-refractivity contribution in [3.63, 3.8) is 0 Å². The number of likely N-dealkylation sites (tertiary alicyclic amines) is 1. The van der Waals surface area contributed by atoms with Gasteiger partial charge in [-0.05, 0) is 18.6 Å². The van der Waals surface area contributed by atoms with E-state index in [1.54, 1.807) is 6.92 Å². The van der Waals surface area contributed by atoms with Crippen molar-refractivity contribution < 1.29 is 28.8 Å². The third-order valence-corrected chi connectivity index (χ3v) is 5.64. The molecule has 1 amide bonds. The van der Waals surface area contributed by atoms with Gasteiger partial charge in [0.1, 0.15) is 6.04 Å². The molecule has 162 valence electrons. The van der Waals surface area contributed by atoms with E-state index in [1.165, 1.54) is 7.11 Å². The van der Waals surface area contributed by atoms with Crippen LogP contribution in [0.1, 0.15) is 25.3 Å². The zero-order chi connectivity index (χ0) is 21.5. The first-order chi connectivity index (χ1) is 14.5. The summed E-state index contributed by atoms with van der Waals surface area (Å²) < 4.78 is 9.99. The van der Waals surface area contributed by atoms with Gasteiger partial charge >= 0.3 is 11.9 Å². The summed E-state index contributed by atoms with van der Waals surface area (Å²) in [7, 11) is 1.32. The molecule has 1 fully saturated rings. The fourth-order valence-electron chi connectivity index (χ4n) is 4.03. The highest BCUT2D eigenvalue weighted by Crippen LogP contribution is 2.19. The minimum Gasteiger partial charge on any atom is -0.467 e. The number of benzene rings is 1. The van der Waals surface area contributed by atoms with Crippen LogP contribution in [0, 0.1) is 5.92 Å². The highest BCUT2D eigenvalue weighted by atomic mass is 16.5. The fourth-order valence-corrected chi connectivity index (χ4v) is 4.03. The molecule has 0 saturated carbocycles. The van der Waals surface area contributed by atoms with Gasteiger partial charge in [0.2, 0.25) is 0 Å². The molecule has 2 aromatic rings. The average Bonchev–Trinajstić information content (AvgIpc) is 3.16. The number of nitrogens with one attached hydrogen (secondary N) is 3. The number of para-hydroxylation sites is 1. The van der Waals surface area contributed by atoms with Crippen molar-refractivity contribution in [1.29, 1.82) is 0 Å². The number of hydrogen-bond acceptors (Lipinski definition) is 5. The molecular formula is C22H30N3O5+. The molecule has 1 saturated heterocycles. The standard InChI is InChI=1S/C22H29N3O5/c1-3-30-21(27)15-8-10-25(11-9-15)14-20(26)24-19(22(28)29-2)12-16-13-23-18-7-5-4-6-17(16)18/h4-7,13,15,19,23H,3,8-12,14H2,1-2H3,(H,24,26)/p+1/t19-/m1/s1. The Morgan fingerprint density at radius 3 is 2.67 bits per heavy atom. The minimum atomic E-state index is -0.752. The van der Waals surface area contributed by atoms with Crippen molar-refractivity contribution >= 4 is 28.7 Å². The molecule has 0 bridgehead atoms. The minimum absolute atomic E-state index is 0.0820. The molecule has 0 aliphatic carbocycles. The fraction of sp³-hybridized carbons (Fsp3) is 0.500. The van der Waals surface area contributed by atoms with Gasteiger partial charge in [-0.25, -0.2) is 4.79 Å². The largest absolute Gasteiger partial charge is 0.467 e. The van der Waals surface area contributed by atoms with Crippen LogP contribution in [0.15, 0.2) is 30.5 Å². The van der Waals surface area contributed by atoms with Crippen molar-refractivity contribution in [3.05, 3.63) is 36.0 Å². The maximum absolute atomic E-state index is 12.6. The van der Waals surface area contributed by atoms with Gasteiger partial charge in [0, 0.05) is 36.4 Å². The quantitative estimate of drug-likeness (QED) is 0.535. The summed E-state index contributed by atoms with van der Waals surface area (Å²) in [5.41, 5.74) is 1.93. The topological polar surface area (TPSA) is 102 Å². The lowest BCUT2D eigenvalue weighted by atomic mass is 9.97. The second kappa shape index (κ2) is 10.2. The van der Waals surface area contributed by atoms with Crippen molar-refractivity contribution in [2.75, 3.05) is 33.4 Å². The summed E-state index contributed by atoms with van der Waals surface area (Å²) in [4.78, 5) is 41.0. The molecule has 2 heterocycles. The number of fused-ring (bicyclic) bond motifs is 1. The summed E-state index contributed by atoms with van der Waals surface area (Å²) >= 11 is 0. The highest BCUT2D eigenvalue weighted by Gasteiger charge is 2.30. The number of H-pyrrole nitrogens is 1. The maximum Gasteiger partial charge on any atom is 0.328 e. The molecule has 1 aliphatic heterocycles. The molecule has 0 unspecified atom stereocenters. The van der Waals surface area contributed by atoms with E-state index in [9.17, 15) is 14.4 Å². The van der Waals surface area contributed by atoms with Crippen LogP contribution < -0.4 is 10.2 Å². The number of ether oxygens (including phenoxy) is 2. The van der Waals surface area contributed by atoms with Crippen molar-refractivity contribution in [3.8, 4) is 0 Å². The normalized spacial score (nSPS) is 19.8. The Hall–Kier alpha value is -2.87. The molecule has 30 heavy (non-hydrogen) atoms. The van der Waals surface area contributed by atoms with Crippen LogP contribution >= 0.6 is 0 Å². The number of carbonyl (C=O) groups excluding carboxylic acids is 3. The number of amides is 1. The Balaban J connectivity index is 1.56. The third kappa shape index (κ3) is 5.38. The van der Waals surface area contributed by atoms with E-state index >= 15 is 0 Å². The van der Waals surface area contributed by atoms with E-state index in [0.29, 0.717) is 25.9 Å². The maximum atomic E-state index is 12.6. The van der Waals surface area contributed by atoms with Gasteiger partial charge in [0.15, 0.2) is 6.54 Å². The number of aromatic nitrogens is 1. The van der Waals surface area contributed by atoms with E-state index in [4.69, 9.17) is 9.47 Å². The molecule has 0 radical (unpaired) electrons. The SMILES string of the molecule is CCOC(=O)C1CC[NH+](CC(=O)N[C@H](Cc2c[nH]c3ccccc23)C(=O)OC)CC1.